The fourth-order valence-corrected chi connectivity index (χ4v) is 2.42. The zero-order valence-corrected chi connectivity index (χ0v) is 12.1. The SMILES string of the molecule is CCC(N)CSCC(=O)Nc1ccccc1C(C)=O. The van der Waals surface area contributed by atoms with E-state index in [0.29, 0.717) is 17.0 Å². The van der Waals surface area contributed by atoms with E-state index in [1.54, 1.807) is 24.3 Å². The summed E-state index contributed by atoms with van der Waals surface area (Å²) < 4.78 is 0. The van der Waals surface area contributed by atoms with Crippen LogP contribution in [0.1, 0.15) is 30.6 Å². The predicted octanol–water partition coefficient (Wildman–Crippen LogP) is 2.30. The second kappa shape index (κ2) is 7.96. The van der Waals surface area contributed by atoms with Gasteiger partial charge in [0, 0.05) is 17.4 Å². The molecule has 0 aliphatic rings. The molecule has 104 valence electrons. The van der Waals surface area contributed by atoms with Crippen molar-refractivity contribution in [2.45, 2.75) is 26.3 Å². The molecule has 1 aromatic carbocycles. The van der Waals surface area contributed by atoms with Crippen molar-refractivity contribution in [3.63, 3.8) is 0 Å². The number of nitrogens with two attached hydrogens (primary N) is 1. The maximum absolute atomic E-state index is 11.8. The molecule has 1 unspecified atom stereocenters. The number of anilines is 1. The molecule has 19 heavy (non-hydrogen) atoms. The van der Waals surface area contributed by atoms with E-state index in [-0.39, 0.29) is 17.7 Å². The predicted molar refractivity (Wildman–Crippen MR) is 80.7 cm³/mol. The van der Waals surface area contributed by atoms with Crippen LogP contribution in [0, 0.1) is 0 Å². The average Bonchev–Trinajstić information content (AvgIpc) is 2.38. The number of carbonyl (C=O) groups excluding carboxylic acids is 2. The Balaban J connectivity index is 2.51. The van der Waals surface area contributed by atoms with Crippen LogP contribution in [0.25, 0.3) is 0 Å². The fourth-order valence-electron chi connectivity index (χ4n) is 1.51. The molecular weight excluding hydrogens is 260 g/mol. The monoisotopic (exact) mass is 280 g/mol. The van der Waals surface area contributed by atoms with E-state index in [4.69, 9.17) is 5.73 Å². The number of amides is 1. The summed E-state index contributed by atoms with van der Waals surface area (Å²) in [5.74, 6) is 0.941. The van der Waals surface area contributed by atoms with E-state index >= 15 is 0 Å². The highest BCUT2D eigenvalue weighted by atomic mass is 32.2. The molecule has 0 radical (unpaired) electrons. The number of rotatable bonds is 7. The molecule has 4 nitrogen and oxygen atoms in total. The molecule has 0 aromatic heterocycles. The molecule has 0 aliphatic carbocycles. The number of hydrogen-bond donors (Lipinski definition) is 2. The minimum Gasteiger partial charge on any atom is -0.327 e. The van der Waals surface area contributed by atoms with E-state index < -0.39 is 0 Å². The zero-order chi connectivity index (χ0) is 14.3. The lowest BCUT2D eigenvalue weighted by molar-refractivity contribution is -0.113. The number of Topliss-reactive ketones (excluding diaryl/α,β-unsaturated/α-hetero) is 1. The summed E-state index contributed by atoms with van der Waals surface area (Å²) in [5, 5.41) is 2.76. The van der Waals surface area contributed by atoms with Crippen molar-refractivity contribution in [2.75, 3.05) is 16.8 Å². The highest BCUT2D eigenvalue weighted by Gasteiger charge is 2.10. The van der Waals surface area contributed by atoms with Crippen molar-refractivity contribution in [1.29, 1.82) is 0 Å². The highest BCUT2D eigenvalue weighted by Crippen LogP contribution is 2.16. The summed E-state index contributed by atoms with van der Waals surface area (Å²) in [6, 6.07) is 7.14. The Labute approximate surface area is 118 Å². The molecule has 1 rings (SSSR count). The van der Waals surface area contributed by atoms with Crippen molar-refractivity contribution >= 4 is 29.1 Å². The van der Waals surface area contributed by atoms with E-state index in [1.165, 1.54) is 18.7 Å². The van der Waals surface area contributed by atoms with Gasteiger partial charge in [0.1, 0.15) is 0 Å². The van der Waals surface area contributed by atoms with E-state index in [1.807, 2.05) is 6.92 Å². The third-order valence-electron chi connectivity index (χ3n) is 2.67. The number of para-hydroxylation sites is 1. The number of carbonyl (C=O) groups is 2. The second-order valence-electron chi connectivity index (χ2n) is 4.33. The molecule has 0 saturated heterocycles. The highest BCUT2D eigenvalue weighted by molar-refractivity contribution is 8.00. The summed E-state index contributed by atoms with van der Waals surface area (Å²) in [6.45, 7) is 3.51. The van der Waals surface area contributed by atoms with Crippen LogP contribution in [0.4, 0.5) is 5.69 Å². The number of thioether (sulfide) groups is 1. The molecule has 0 aliphatic heterocycles. The van der Waals surface area contributed by atoms with Crippen LogP contribution in [0.2, 0.25) is 0 Å². The van der Waals surface area contributed by atoms with Crippen LogP contribution >= 0.6 is 11.8 Å². The summed E-state index contributed by atoms with van der Waals surface area (Å²) in [4.78, 5) is 23.2. The van der Waals surface area contributed by atoms with Crippen molar-refractivity contribution in [1.82, 2.24) is 0 Å². The molecular formula is C14H20N2O2S. The van der Waals surface area contributed by atoms with Crippen LogP contribution in [-0.2, 0) is 4.79 Å². The maximum atomic E-state index is 11.8. The van der Waals surface area contributed by atoms with E-state index in [2.05, 4.69) is 5.32 Å². The molecule has 0 spiro atoms. The number of hydrogen-bond acceptors (Lipinski definition) is 4. The molecule has 0 heterocycles. The first-order chi connectivity index (χ1) is 9.04. The lowest BCUT2D eigenvalue weighted by Gasteiger charge is -2.10. The zero-order valence-electron chi connectivity index (χ0n) is 11.3. The summed E-state index contributed by atoms with van der Waals surface area (Å²) in [5.41, 5.74) is 6.88. The van der Waals surface area contributed by atoms with Crippen LogP contribution in [-0.4, -0.2) is 29.2 Å². The number of nitrogens with one attached hydrogen (secondary N) is 1. The first-order valence-electron chi connectivity index (χ1n) is 6.27. The minimum absolute atomic E-state index is 0.0587. The van der Waals surface area contributed by atoms with Crippen molar-refractivity contribution in [3.8, 4) is 0 Å². The van der Waals surface area contributed by atoms with Gasteiger partial charge in [-0.15, -0.1) is 0 Å². The molecule has 1 amide bonds. The third-order valence-corrected chi connectivity index (χ3v) is 3.80. The molecule has 3 N–H and O–H groups in total. The van der Waals surface area contributed by atoms with Gasteiger partial charge in [-0.1, -0.05) is 19.1 Å². The normalized spacial score (nSPS) is 11.9. The van der Waals surface area contributed by atoms with Crippen LogP contribution in [0.15, 0.2) is 24.3 Å². The summed E-state index contributed by atoms with van der Waals surface area (Å²) >= 11 is 1.51. The first-order valence-corrected chi connectivity index (χ1v) is 7.43. The number of ketones is 1. The van der Waals surface area contributed by atoms with E-state index in [9.17, 15) is 9.59 Å². The first kappa shape index (κ1) is 15.7. The largest absolute Gasteiger partial charge is 0.327 e. The summed E-state index contributed by atoms with van der Waals surface area (Å²) in [6.07, 6.45) is 0.905. The Morgan fingerprint density at radius 3 is 2.68 bits per heavy atom. The standard InChI is InChI=1S/C14H20N2O2S/c1-3-11(15)8-19-9-14(18)16-13-7-5-4-6-12(13)10(2)17/h4-7,11H,3,8-9,15H2,1-2H3,(H,16,18). The fraction of sp³-hybridized carbons (Fsp3) is 0.429. The van der Waals surface area contributed by atoms with Gasteiger partial charge >= 0.3 is 0 Å². The Bertz CT molecular complexity index is 449. The van der Waals surface area contributed by atoms with Gasteiger partial charge in [0.2, 0.25) is 5.91 Å². The van der Waals surface area contributed by atoms with Gasteiger partial charge in [-0.3, -0.25) is 9.59 Å². The smallest absolute Gasteiger partial charge is 0.234 e. The van der Waals surface area contributed by atoms with Gasteiger partial charge in [-0.25, -0.2) is 0 Å². The van der Waals surface area contributed by atoms with Crippen molar-refractivity contribution in [3.05, 3.63) is 29.8 Å². The van der Waals surface area contributed by atoms with Crippen LogP contribution in [0.5, 0.6) is 0 Å². The quantitative estimate of drug-likeness (QED) is 0.752. The second-order valence-corrected chi connectivity index (χ2v) is 5.36. The van der Waals surface area contributed by atoms with Gasteiger partial charge in [0.05, 0.1) is 11.4 Å². The molecule has 0 bridgehead atoms. The molecule has 5 heteroatoms. The van der Waals surface area contributed by atoms with Gasteiger partial charge in [0.25, 0.3) is 0 Å². The van der Waals surface area contributed by atoms with Gasteiger partial charge < -0.3 is 11.1 Å². The Morgan fingerprint density at radius 1 is 1.37 bits per heavy atom. The maximum Gasteiger partial charge on any atom is 0.234 e. The number of benzene rings is 1. The van der Waals surface area contributed by atoms with Crippen LogP contribution < -0.4 is 11.1 Å². The van der Waals surface area contributed by atoms with Gasteiger partial charge in [-0.2, -0.15) is 11.8 Å². The summed E-state index contributed by atoms with van der Waals surface area (Å²) in [7, 11) is 0. The van der Waals surface area contributed by atoms with Crippen molar-refractivity contribution in [2.24, 2.45) is 5.73 Å². The van der Waals surface area contributed by atoms with E-state index in [0.717, 1.165) is 12.2 Å². The Kier molecular flexibility index (Phi) is 6.59. The lowest BCUT2D eigenvalue weighted by Crippen LogP contribution is -2.23. The Hall–Kier alpha value is -1.33. The topological polar surface area (TPSA) is 72.2 Å². The average molecular weight is 280 g/mol. The van der Waals surface area contributed by atoms with Crippen LogP contribution in [0.3, 0.4) is 0 Å². The molecule has 0 saturated carbocycles. The Morgan fingerprint density at radius 2 is 2.05 bits per heavy atom. The minimum atomic E-state index is -0.109. The van der Waals surface area contributed by atoms with Gasteiger partial charge in [-0.05, 0) is 25.5 Å². The lowest BCUT2D eigenvalue weighted by atomic mass is 10.1. The molecule has 1 aromatic rings. The molecule has 0 fully saturated rings. The van der Waals surface area contributed by atoms with Gasteiger partial charge in [0.15, 0.2) is 5.78 Å². The third kappa shape index (κ3) is 5.44. The molecule has 1 atom stereocenters. The van der Waals surface area contributed by atoms with Crippen molar-refractivity contribution < 1.29 is 9.59 Å².